The Kier molecular flexibility index (Phi) is 5.41. The monoisotopic (exact) mass is 398 g/mol. The third-order valence-electron chi connectivity index (χ3n) is 3.79. The van der Waals surface area contributed by atoms with Crippen LogP contribution in [0.5, 0.6) is 0 Å². The van der Waals surface area contributed by atoms with Gasteiger partial charge in [-0.1, -0.05) is 33.6 Å². The van der Waals surface area contributed by atoms with Gasteiger partial charge in [-0.2, -0.15) is 0 Å². The Bertz CT molecular complexity index is 692. The number of ether oxygens (including phenoxy) is 1. The molecule has 0 unspecified atom stereocenters. The van der Waals surface area contributed by atoms with Crippen molar-refractivity contribution in [2.45, 2.75) is 6.54 Å². The third kappa shape index (κ3) is 4.16. The lowest BCUT2D eigenvalue weighted by Crippen LogP contribution is -2.36. The molecule has 0 aromatic heterocycles. The van der Waals surface area contributed by atoms with E-state index in [2.05, 4.69) is 26.1 Å². The molecule has 0 spiro atoms. The lowest BCUT2D eigenvalue weighted by Gasteiger charge is -2.30. The van der Waals surface area contributed by atoms with Crippen LogP contribution in [0.3, 0.4) is 0 Å². The highest BCUT2D eigenvalue weighted by atomic mass is 79.9. The van der Waals surface area contributed by atoms with Crippen molar-refractivity contribution < 1.29 is 9.13 Å². The molecule has 0 aliphatic carbocycles. The number of hydrogen-bond acceptors (Lipinski definition) is 3. The predicted molar refractivity (Wildman–Crippen MR) is 95.9 cm³/mol. The van der Waals surface area contributed by atoms with Crippen molar-refractivity contribution in [3.8, 4) is 0 Å². The quantitative estimate of drug-likeness (QED) is 0.807. The number of hydrogen-bond donors (Lipinski definition) is 1. The van der Waals surface area contributed by atoms with Crippen LogP contribution in [0.15, 0.2) is 40.9 Å². The van der Waals surface area contributed by atoms with E-state index < -0.39 is 0 Å². The molecule has 3 nitrogen and oxygen atoms in total. The number of rotatable bonds is 4. The van der Waals surface area contributed by atoms with Crippen molar-refractivity contribution in [2.75, 3.05) is 36.5 Å². The van der Waals surface area contributed by atoms with E-state index in [1.165, 1.54) is 6.07 Å². The molecule has 0 bridgehead atoms. The first-order chi connectivity index (χ1) is 11.1. The average molecular weight is 400 g/mol. The highest BCUT2D eigenvalue weighted by Gasteiger charge is 2.15. The highest BCUT2D eigenvalue weighted by molar-refractivity contribution is 9.10. The molecule has 0 atom stereocenters. The van der Waals surface area contributed by atoms with Crippen LogP contribution in [-0.4, -0.2) is 26.3 Å². The van der Waals surface area contributed by atoms with Crippen molar-refractivity contribution in [3.05, 3.63) is 57.3 Å². The Morgan fingerprint density at radius 3 is 2.70 bits per heavy atom. The molecule has 3 rings (SSSR count). The maximum Gasteiger partial charge on any atom is 0.129 e. The summed E-state index contributed by atoms with van der Waals surface area (Å²) in [6.07, 6.45) is 0. The first-order valence-electron chi connectivity index (χ1n) is 7.43. The third-order valence-corrected chi connectivity index (χ3v) is 4.52. The Labute approximate surface area is 148 Å². The van der Waals surface area contributed by atoms with Crippen LogP contribution in [0.1, 0.15) is 5.56 Å². The summed E-state index contributed by atoms with van der Waals surface area (Å²) in [7, 11) is 0. The van der Waals surface area contributed by atoms with Gasteiger partial charge in [0.1, 0.15) is 5.82 Å². The molecule has 0 radical (unpaired) electrons. The lowest BCUT2D eigenvalue weighted by atomic mass is 10.2. The molecule has 122 valence electrons. The van der Waals surface area contributed by atoms with Gasteiger partial charge in [0.2, 0.25) is 0 Å². The molecular formula is C17H17BrClFN2O. The minimum Gasteiger partial charge on any atom is -0.379 e. The second-order valence-corrected chi connectivity index (χ2v) is 6.70. The van der Waals surface area contributed by atoms with Crippen molar-refractivity contribution in [1.29, 1.82) is 0 Å². The van der Waals surface area contributed by atoms with Crippen LogP contribution < -0.4 is 10.2 Å². The normalized spacial score (nSPS) is 14.8. The van der Waals surface area contributed by atoms with E-state index in [9.17, 15) is 4.39 Å². The topological polar surface area (TPSA) is 24.5 Å². The van der Waals surface area contributed by atoms with Crippen molar-refractivity contribution in [3.63, 3.8) is 0 Å². The SMILES string of the molecule is Fc1cc(Br)ccc1CNc1cc(Cl)ccc1N1CCOCC1. The van der Waals surface area contributed by atoms with E-state index in [1.807, 2.05) is 24.3 Å². The minimum absolute atomic E-state index is 0.234. The lowest BCUT2D eigenvalue weighted by molar-refractivity contribution is 0.123. The Balaban J connectivity index is 1.79. The summed E-state index contributed by atoms with van der Waals surface area (Å²) < 4.78 is 20.1. The predicted octanol–water partition coefficient (Wildman–Crippen LogP) is 4.69. The fraction of sp³-hybridized carbons (Fsp3) is 0.294. The summed E-state index contributed by atoms with van der Waals surface area (Å²) in [6, 6.07) is 10.8. The molecule has 1 N–H and O–H groups in total. The second kappa shape index (κ2) is 7.51. The van der Waals surface area contributed by atoms with Crippen molar-refractivity contribution in [2.24, 2.45) is 0 Å². The van der Waals surface area contributed by atoms with Gasteiger partial charge in [-0.3, -0.25) is 0 Å². The van der Waals surface area contributed by atoms with Gasteiger partial charge >= 0.3 is 0 Å². The summed E-state index contributed by atoms with van der Waals surface area (Å²) in [4.78, 5) is 2.25. The van der Waals surface area contributed by atoms with Crippen LogP contribution in [0.25, 0.3) is 0 Å². The summed E-state index contributed by atoms with van der Waals surface area (Å²) in [5.74, 6) is -0.234. The molecule has 6 heteroatoms. The smallest absolute Gasteiger partial charge is 0.129 e. The zero-order chi connectivity index (χ0) is 16.2. The van der Waals surface area contributed by atoms with Crippen LogP contribution in [-0.2, 0) is 11.3 Å². The van der Waals surface area contributed by atoms with Crippen LogP contribution in [0.2, 0.25) is 5.02 Å². The first kappa shape index (κ1) is 16.6. The molecule has 0 amide bonds. The molecular weight excluding hydrogens is 383 g/mol. The summed E-state index contributed by atoms with van der Waals surface area (Å²) >= 11 is 9.40. The zero-order valence-corrected chi connectivity index (χ0v) is 14.8. The van der Waals surface area contributed by atoms with Gasteiger partial charge < -0.3 is 15.0 Å². The number of nitrogens with zero attached hydrogens (tertiary/aromatic N) is 1. The van der Waals surface area contributed by atoms with Gasteiger partial charge in [-0.05, 0) is 30.3 Å². The van der Waals surface area contributed by atoms with Gasteiger partial charge in [0.25, 0.3) is 0 Å². The Hall–Kier alpha value is -1.30. The van der Waals surface area contributed by atoms with Crippen molar-refractivity contribution >= 4 is 38.9 Å². The largest absolute Gasteiger partial charge is 0.379 e. The van der Waals surface area contributed by atoms with E-state index in [4.69, 9.17) is 16.3 Å². The molecule has 1 fully saturated rings. The minimum atomic E-state index is -0.234. The molecule has 1 heterocycles. The Morgan fingerprint density at radius 1 is 1.17 bits per heavy atom. The number of benzene rings is 2. The standard InChI is InChI=1S/C17H17BrClFN2O/c18-13-2-1-12(15(20)9-13)11-21-16-10-14(19)3-4-17(16)22-5-7-23-8-6-22/h1-4,9-10,21H,5-8,11H2. The van der Waals surface area contributed by atoms with Crippen LogP contribution in [0.4, 0.5) is 15.8 Å². The van der Waals surface area contributed by atoms with Gasteiger partial charge in [-0.25, -0.2) is 4.39 Å². The number of morpholine rings is 1. The second-order valence-electron chi connectivity index (χ2n) is 5.35. The van der Waals surface area contributed by atoms with Gasteiger partial charge in [0.15, 0.2) is 0 Å². The fourth-order valence-electron chi connectivity index (χ4n) is 2.59. The zero-order valence-electron chi connectivity index (χ0n) is 12.5. The van der Waals surface area contributed by atoms with Crippen LogP contribution >= 0.6 is 27.5 Å². The number of anilines is 2. The average Bonchev–Trinajstić information content (AvgIpc) is 2.55. The number of nitrogens with one attached hydrogen (secondary N) is 1. The molecule has 2 aromatic rings. The summed E-state index contributed by atoms with van der Waals surface area (Å²) in [6.45, 7) is 3.50. The summed E-state index contributed by atoms with van der Waals surface area (Å²) in [5.41, 5.74) is 2.58. The summed E-state index contributed by atoms with van der Waals surface area (Å²) in [5, 5.41) is 3.96. The molecule has 1 saturated heterocycles. The van der Waals surface area contributed by atoms with E-state index in [1.54, 1.807) is 6.07 Å². The van der Waals surface area contributed by atoms with Gasteiger partial charge in [0, 0.05) is 34.7 Å². The van der Waals surface area contributed by atoms with E-state index in [0.29, 0.717) is 30.3 Å². The molecule has 2 aromatic carbocycles. The Morgan fingerprint density at radius 2 is 1.96 bits per heavy atom. The maximum absolute atomic E-state index is 14.0. The highest BCUT2D eigenvalue weighted by Crippen LogP contribution is 2.30. The number of halogens is 3. The molecule has 1 aliphatic rings. The van der Waals surface area contributed by atoms with E-state index >= 15 is 0 Å². The first-order valence-corrected chi connectivity index (χ1v) is 8.60. The van der Waals surface area contributed by atoms with E-state index in [-0.39, 0.29) is 5.82 Å². The maximum atomic E-state index is 14.0. The van der Waals surface area contributed by atoms with E-state index in [0.717, 1.165) is 28.9 Å². The van der Waals surface area contributed by atoms with Crippen LogP contribution in [0, 0.1) is 5.82 Å². The van der Waals surface area contributed by atoms with Crippen molar-refractivity contribution in [1.82, 2.24) is 0 Å². The van der Waals surface area contributed by atoms with Gasteiger partial charge in [0.05, 0.1) is 24.6 Å². The molecule has 0 saturated carbocycles. The fourth-order valence-corrected chi connectivity index (χ4v) is 3.09. The molecule has 23 heavy (non-hydrogen) atoms. The molecule has 1 aliphatic heterocycles. The van der Waals surface area contributed by atoms with Gasteiger partial charge in [-0.15, -0.1) is 0 Å².